The minimum atomic E-state index is -0.312. The van der Waals surface area contributed by atoms with Crippen molar-refractivity contribution in [1.29, 1.82) is 0 Å². The maximum absolute atomic E-state index is 13.3. The number of hydrogen-bond donors (Lipinski definition) is 1. The van der Waals surface area contributed by atoms with Crippen LogP contribution in [0.3, 0.4) is 0 Å². The average Bonchev–Trinajstić information content (AvgIpc) is 3.41. The van der Waals surface area contributed by atoms with Gasteiger partial charge in [0.1, 0.15) is 15.6 Å². The van der Waals surface area contributed by atoms with Gasteiger partial charge in [-0.05, 0) is 30.7 Å². The Labute approximate surface area is 201 Å². The van der Waals surface area contributed by atoms with Gasteiger partial charge in [0, 0.05) is 48.4 Å². The second kappa shape index (κ2) is 9.27. The van der Waals surface area contributed by atoms with Gasteiger partial charge in [-0.2, -0.15) is 0 Å². The van der Waals surface area contributed by atoms with Crippen molar-refractivity contribution in [2.75, 3.05) is 36.5 Å². The standard InChI is InChI=1S/C23H22ClN3O3S.ClH/c1-30-20-12-16(6-7-19(20)26-10-8-17(28)13-26)27-11-9-18-21(23(27)29)31-22(25-18)14-2-4-15(24)5-3-14;/h2-7,12,17,28H,8-11,13H2,1H3;1H/t17-;/m1./s1. The predicted octanol–water partition coefficient (Wildman–Crippen LogP) is 4.67. The number of rotatable bonds is 4. The van der Waals surface area contributed by atoms with Gasteiger partial charge in [-0.25, -0.2) is 4.98 Å². The number of fused-ring (bicyclic) bond motifs is 1. The molecule has 1 amide bonds. The van der Waals surface area contributed by atoms with Crippen LogP contribution in [0, 0.1) is 0 Å². The number of carbonyl (C=O) groups excluding carboxylic acids is 1. The van der Waals surface area contributed by atoms with E-state index < -0.39 is 0 Å². The van der Waals surface area contributed by atoms with Gasteiger partial charge >= 0.3 is 0 Å². The highest BCUT2D eigenvalue weighted by atomic mass is 35.5. The summed E-state index contributed by atoms with van der Waals surface area (Å²) in [7, 11) is 1.63. The number of anilines is 2. The van der Waals surface area contributed by atoms with Crippen LogP contribution >= 0.6 is 35.3 Å². The molecule has 5 rings (SSSR count). The van der Waals surface area contributed by atoms with Crippen molar-refractivity contribution in [1.82, 2.24) is 4.98 Å². The number of aromatic nitrogens is 1. The van der Waals surface area contributed by atoms with E-state index in [4.69, 9.17) is 21.3 Å². The first-order valence-corrected chi connectivity index (χ1v) is 11.4. The molecule has 168 valence electrons. The van der Waals surface area contributed by atoms with Crippen LogP contribution in [0.2, 0.25) is 5.02 Å². The third kappa shape index (κ3) is 4.18. The summed E-state index contributed by atoms with van der Waals surface area (Å²) in [6.45, 7) is 1.95. The molecule has 1 N–H and O–H groups in total. The number of carbonyl (C=O) groups is 1. The third-order valence-corrected chi connectivity index (χ3v) is 7.17. The summed E-state index contributed by atoms with van der Waals surface area (Å²) in [5.74, 6) is 0.668. The van der Waals surface area contributed by atoms with Gasteiger partial charge in [-0.15, -0.1) is 23.7 Å². The number of ether oxygens (including phenoxy) is 1. The SMILES string of the molecule is COc1cc(N2CCc3nc(-c4ccc(Cl)cc4)sc3C2=O)ccc1N1CC[C@@H](O)C1.Cl. The number of hydrogen-bond acceptors (Lipinski definition) is 6. The molecule has 1 atom stereocenters. The largest absolute Gasteiger partial charge is 0.495 e. The summed E-state index contributed by atoms with van der Waals surface area (Å²) in [4.78, 5) is 22.6. The van der Waals surface area contributed by atoms with Crippen molar-refractivity contribution >= 4 is 52.6 Å². The summed E-state index contributed by atoms with van der Waals surface area (Å²) in [6, 6.07) is 13.3. The summed E-state index contributed by atoms with van der Waals surface area (Å²) in [5, 5.41) is 11.4. The lowest BCUT2D eigenvalue weighted by Crippen LogP contribution is -2.37. The Kier molecular flexibility index (Phi) is 6.62. The van der Waals surface area contributed by atoms with Crippen LogP contribution in [0.5, 0.6) is 5.75 Å². The van der Waals surface area contributed by atoms with Crippen LogP contribution < -0.4 is 14.5 Å². The number of nitrogens with zero attached hydrogens (tertiary/aromatic N) is 3. The fraction of sp³-hybridized carbons (Fsp3) is 0.304. The number of aliphatic hydroxyl groups is 1. The fourth-order valence-corrected chi connectivity index (χ4v) is 5.34. The molecule has 0 radical (unpaired) electrons. The van der Waals surface area contributed by atoms with E-state index in [9.17, 15) is 9.90 Å². The highest BCUT2D eigenvalue weighted by molar-refractivity contribution is 7.17. The van der Waals surface area contributed by atoms with Crippen LogP contribution in [-0.2, 0) is 6.42 Å². The smallest absolute Gasteiger partial charge is 0.270 e. The molecule has 9 heteroatoms. The zero-order chi connectivity index (χ0) is 21.5. The molecule has 3 aromatic rings. The quantitative estimate of drug-likeness (QED) is 0.574. The lowest BCUT2D eigenvalue weighted by atomic mass is 10.1. The molecule has 0 saturated carbocycles. The molecule has 3 heterocycles. The number of amides is 1. The molecule has 1 saturated heterocycles. The Morgan fingerprint density at radius 2 is 1.97 bits per heavy atom. The number of thiazole rings is 1. The Bertz CT molecular complexity index is 1140. The second-order valence-corrected chi connectivity index (χ2v) is 9.19. The predicted molar refractivity (Wildman–Crippen MR) is 131 cm³/mol. The average molecular weight is 492 g/mol. The summed E-state index contributed by atoms with van der Waals surface area (Å²) < 4.78 is 5.62. The molecular formula is C23H23Cl2N3O3S. The molecule has 2 aromatic carbocycles. The van der Waals surface area contributed by atoms with E-state index in [2.05, 4.69) is 4.90 Å². The molecule has 6 nitrogen and oxygen atoms in total. The maximum atomic E-state index is 13.3. The fourth-order valence-electron chi connectivity index (χ4n) is 4.15. The number of halogens is 2. The van der Waals surface area contributed by atoms with Crippen LogP contribution in [0.1, 0.15) is 21.8 Å². The highest BCUT2D eigenvalue weighted by Gasteiger charge is 2.31. The Morgan fingerprint density at radius 3 is 2.66 bits per heavy atom. The zero-order valence-electron chi connectivity index (χ0n) is 17.5. The van der Waals surface area contributed by atoms with E-state index >= 15 is 0 Å². The third-order valence-electron chi connectivity index (χ3n) is 5.78. The number of β-amino-alcohol motifs (C(OH)–C–C–N with tert-alkyl or cyclic N) is 1. The van der Waals surface area contributed by atoms with Crippen molar-refractivity contribution < 1.29 is 14.6 Å². The normalized spacial score (nSPS) is 17.8. The van der Waals surface area contributed by atoms with Crippen LogP contribution in [-0.4, -0.2) is 48.8 Å². The molecule has 1 aromatic heterocycles. The molecule has 2 aliphatic heterocycles. The van der Waals surface area contributed by atoms with Crippen molar-refractivity contribution in [3.63, 3.8) is 0 Å². The van der Waals surface area contributed by atoms with Gasteiger partial charge < -0.3 is 19.6 Å². The number of methoxy groups -OCH3 is 1. The van der Waals surface area contributed by atoms with Crippen molar-refractivity contribution in [3.8, 4) is 16.3 Å². The van der Waals surface area contributed by atoms with Crippen LogP contribution in [0.15, 0.2) is 42.5 Å². The first-order valence-electron chi connectivity index (χ1n) is 10.2. The summed E-state index contributed by atoms with van der Waals surface area (Å²) in [5.41, 5.74) is 3.56. The molecule has 0 bridgehead atoms. The summed E-state index contributed by atoms with van der Waals surface area (Å²) in [6.07, 6.45) is 1.14. The second-order valence-electron chi connectivity index (χ2n) is 7.75. The van der Waals surface area contributed by atoms with Gasteiger partial charge in [-0.1, -0.05) is 23.7 Å². The first-order chi connectivity index (χ1) is 15.0. The van der Waals surface area contributed by atoms with E-state index in [1.807, 2.05) is 42.5 Å². The monoisotopic (exact) mass is 491 g/mol. The molecular weight excluding hydrogens is 469 g/mol. The van der Waals surface area contributed by atoms with Crippen molar-refractivity contribution in [3.05, 3.63) is 58.1 Å². The number of benzene rings is 2. The molecule has 32 heavy (non-hydrogen) atoms. The molecule has 0 unspecified atom stereocenters. The Balaban J connectivity index is 0.00000245. The summed E-state index contributed by atoms with van der Waals surface area (Å²) >= 11 is 7.41. The lowest BCUT2D eigenvalue weighted by Gasteiger charge is -2.28. The Morgan fingerprint density at radius 1 is 1.19 bits per heavy atom. The van der Waals surface area contributed by atoms with Crippen molar-refractivity contribution in [2.45, 2.75) is 18.9 Å². The number of aliphatic hydroxyl groups excluding tert-OH is 1. The Hall–Kier alpha value is -2.32. The molecule has 0 spiro atoms. The lowest BCUT2D eigenvalue weighted by molar-refractivity contribution is 0.0984. The van der Waals surface area contributed by atoms with Gasteiger partial charge in [0.05, 0.1) is 24.6 Å². The molecule has 1 fully saturated rings. The van der Waals surface area contributed by atoms with Gasteiger partial charge in [0.15, 0.2) is 0 Å². The van der Waals surface area contributed by atoms with E-state index in [0.717, 1.165) is 40.6 Å². The molecule has 2 aliphatic rings. The van der Waals surface area contributed by atoms with E-state index in [1.54, 1.807) is 12.0 Å². The van der Waals surface area contributed by atoms with E-state index in [-0.39, 0.29) is 24.4 Å². The minimum absolute atomic E-state index is 0. The minimum Gasteiger partial charge on any atom is -0.495 e. The van der Waals surface area contributed by atoms with E-state index in [0.29, 0.717) is 35.2 Å². The van der Waals surface area contributed by atoms with Gasteiger partial charge in [0.25, 0.3) is 5.91 Å². The van der Waals surface area contributed by atoms with Crippen LogP contribution in [0.25, 0.3) is 10.6 Å². The first kappa shape index (κ1) is 22.9. The van der Waals surface area contributed by atoms with Gasteiger partial charge in [-0.3, -0.25) is 4.79 Å². The highest BCUT2D eigenvalue weighted by Crippen LogP contribution is 2.38. The topological polar surface area (TPSA) is 65.9 Å². The molecule has 0 aliphatic carbocycles. The van der Waals surface area contributed by atoms with Crippen LogP contribution in [0.4, 0.5) is 11.4 Å². The zero-order valence-corrected chi connectivity index (χ0v) is 19.8. The maximum Gasteiger partial charge on any atom is 0.270 e. The van der Waals surface area contributed by atoms with E-state index in [1.165, 1.54) is 11.3 Å². The van der Waals surface area contributed by atoms with Gasteiger partial charge in [0.2, 0.25) is 0 Å². The van der Waals surface area contributed by atoms with Crippen molar-refractivity contribution in [2.24, 2.45) is 0 Å².